The molecule has 0 saturated heterocycles. The number of carboxylic acids is 1. The molecule has 0 aromatic heterocycles. The smallest absolute Gasteiger partial charge is 0.416 e. The summed E-state index contributed by atoms with van der Waals surface area (Å²) in [5.74, 6) is -1.58. The van der Waals surface area contributed by atoms with Crippen LogP contribution in [0.25, 0.3) is 22.3 Å². The normalized spacial score (nSPS) is 12.4. The molecule has 6 heteroatoms. The van der Waals surface area contributed by atoms with Gasteiger partial charge in [-0.05, 0) is 70.5 Å². The number of hydrogen-bond acceptors (Lipinski definition) is 2. The van der Waals surface area contributed by atoms with Crippen LogP contribution in [-0.4, -0.2) is 11.1 Å². The van der Waals surface area contributed by atoms with Crippen LogP contribution in [-0.2, 0) is 11.0 Å². The van der Waals surface area contributed by atoms with E-state index in [0.29, 0.717) is 34.2 Å². The molecule has 0 spiro atoms. The van der Waals surface area contributed by atoms with Gasteiger partial charge in [-0.3, -0.25) is 4.79 Å². The minimum absolute atomic E-state index is 0.135. The quantitative estimate of drug-likeness (QED) is 0.446. The molecule has 3 aromatic rings. The molecule has 1 N–H and O–H groups in total. The lowest BCUT2D eigenvalue weighted by atomic mass is 9.86. The lowest BCUT2D eigenvalue weighted by Crippen LogP contribution is -2.14. The molecule has 1 unspecified atom stereocenters. The molecule has 0 amide bonds. The fraction of sp³-hybridized carbons (Fsp3) is 0.231. The molecule has 0 radical (unpaired) electrons. The number of alkyl halides is 3. The van der Waals surface area contributed by atoms with Crippen molar-refractivity contribution >= 4 is 5.97 Å². The molecular formula is C26H22F3NO2. The van der Waals surface area contributed by atoms with Gasteiger partial charge in [0.1, 0.15) is 0 Å². The highest BCUT2D eigenvalue weighted by atomic mass is 19.4. The Bertz CT molecular complexity index is 1160. The van der Waals surface area contributed by atoms with Gasteiger partial charge in [-0.1, -0.05) is 50.2 Å². The summed E-state index contributed by atoms with van der Waals surface area (Å²) in [7, 11) is 0. The van der Waals surface area contributed by atoms with Gasteiger partial charge in [0, 0.05) is 0 Å². The van der Waals surface area contributed by atoms with E-state index in [1.165, 1.54) is 12.1 Å². The number of rotatable bonds is 6. The van der Waals surface area contributed by atoms with Gasteiger partial charge in [0.15, 0.2) is 0 Å². The summed E-state index contributed by atoms with van der Waals surface area (Å²) in [5, 5.41) is 19.1. The van der Waals surface area contributed by atoms with E-state index in [9.17, 15) is 28.3 Å². The summed E-state index contributed by atoms with van der Waals surface area (Å²) < 4.78 is 38.9. The van der Waals surface area contributed by atoms with Crippen molar-refractivity contribution < 1.29 is 23.1 Å². The maximum atomic E-state index is 13.0. The van der Waals surface area contributed by atoms with Gasteiger partial charge in [0.25, 0.3) is 0 Å². The first-order chi connectivity index (χ1) is 15.1. The molecule has 3 aromatic carbocycles. The van der Waals surface area contributed by atoms with Gasteiger partial charge in [-0.15, -0.1) is 0 Å². The molecule has 164 valence electrons. The third-order valence-corrected chi connectivity index (χ3v) is 5.23. The van der Waals surface area contributed by atoms with Gasteiger partial charge >= 0.3 is 12.1 Å². The van der Waals surface area contributed by atoms with Crippen molar-refractivity contribution in [1.29, 1.82) is 5.26 Å². The van der Waals surface area contributed by atoms with E-state index in [-0.39, 0.29) is 5.92 Å². The molecule has 0 bridgehead atoms. The summed E-state index contributed by atoms with van der Waals surface area (Å²) in [6, 6.07) is 19.1. The van der Waals surface area contributed by atoms with Gasteiger partial charge < -0.3 is 5.11 Å². The first-order valence-corrected chi connectivity index (χ1v) is 10.1. The largest absolute Gasteiger partial charge is 0.481 e. The van der Waals surface area contributed by atoms with E-state index in [0.717, 1.165) is 17.7 Å². The number of nitriles is 1. The molecule has 0 fully saturated rings. The molecule has 32 heavy (non-hydrogen) atoms. The average Bonchev–Trinajstić information content (AvgIpc) is 2.76. The van der Waals surface area contributed by atoms with E-state index in [1.807, 2.05) is 19.9 Å². The van der Waals surface area contributed by atoms with E-state index in [2.05, 4.69) is 6.07 Å². The highest BCUT2D eigenvalue weighted by molar-refractivity contribution is 5.81. The van der Waals surface area contributed by atoms with Crippen LogP contribution >= 0.6 is 0 Å². The van der Waals surface area contributed by atoms with Crippen molar-refractivity contribution in [3.63, 3.8) is 0 Å². The summed E-state index contributed by atoms with van der Waals surface area (Å²) in [6.07, 6.45) is -4.02. The van der Waals surface area contributed by atoms with Crippen LogP contribution in [0.15, 0.2) is 66.7 Å². The number of carbonyl (C=O) groups is 1. The molecule has 0 aliphatic carbocycles. The second kappa shape index (κ2) is 9.27. The van der Waals surface area contributed by atoms with Crippen molar-refractivity contribution in [3.8, 4) is 28.3 Å². The Morgan fingerprint density at radius 2 is 1.56 bits per heavy atom. The summed E-state index contributed by atoms with van der Waals surface area (Å²) in [5.41, 5.74) is 2.87. The van der Waals surface area contributed by atoms with Crippen LogP contribution in [0.1, 0.15) is 42.9 Å². The van der Waals surface area contributed by atoms with E-state index in [1.54, 1.807) is 36.4 Å². The van der Waals surface area contributed by atoms with Crippen LogP contribution < -0.4 is 0 Å². The second-order valence-electron chi connectivity index (χ2n) is 8.13. The fourth-order valence-corrected chi connectivity index (χ4v) is 3.66. The van der Waals surface area contributed by atoms with Gasteiger partial charge in [-0.25, -0.2) is 0 Å². The Kier molecular flexibility index (Phi) is 6.69. The Hall–Kier alpha value is -3.59. The number of hydrogen-bond donors (Lipinski definition) is 1. The topological polar surface area (TPSA) is 61.1 Å². The van der Waals surface area contributed by atoms with Crippen LogP contribution in [0.3, 0.4) is 0 Å². The third-order valence-electron chi connectivity index (χ3n) is 5.23. The van der Waals surface area contributed by atoms with E-state index in [4.69, 9.17) is 0 Å². The Balaban J connectivity index is 2.18. The maximum absolute atomic E-state index is 13.0. The SMILES string of the molecule is CC(C)CC(C(=O)O)c1cc(-c2ccc(C(F)(F)F)cc2)cc(-c2cccc(C#N)c2)c1. The van der Waals surface area contributed by atoms with Gasteiger partial charge in [0.05, 0.1) is 23.1 Å². The van der Waals surface area contributed by atoms with Crippen LogP contribution in [0.5, 0.6) is 0 Å². The fourth-order valence-electron chi connectivity index (χ4n) is 3.66. The molecule has 3 nitrogen and oxygen atoms in total. The van der Waals surface area contributed by atoms with Crippen LogP contribution in [0, 0.1) is 17.2 Å². The van der Waals surface area contributed by atoms with E-state index < -0.39 is 23.6 Å². The lowest BCUT2D eigenvalue weighted by molar-refractivity contribution is -0.139. The summed E-state index contributed by atoms with van der Waals surface area (Å²) in [4.78, 5) is 12.0. The maximum Gasteiger partial charge on any atom is 0.416 e. The number of carboxylic acid groups (broad SMARTS) is 1. The van der Waals surface area contributed by atoms with Crippen molar-refractivity contribution in [2.45, 2.75) is 32.4 Å². The molecule has 0 saturated carbocycles. The third kappa shape index (κ3) is 5.36. The second-order valence-corrected chi connectivity index (χ2v) is 8.13. The summed E-state index contributed by atoms with van der Waals surface area (Å²) in [6.45, 7) is 3.87. The highest BCUT2D eigenvalue weighted by Gasteiger charge is 2.30. The first-order valence-electron chi connectivity index (χ1n) is 10.1. The van der Waals surface area contributed by atoms with Crippen LogP contribution in [0.4, 0.5) is 13.2 Å². The van der Waals surface area contributed by atoms with Crippen molar-refractivity contribution in [3.05, 3.63) is 83.4 Å². The number of aliphatic carboxylic acids is 1. The predicted octanol–water partition coefficient (Wildman–Crippen LogP) is 7.13. The molecule has 0 aliphatic heterocycles. The standard InChI is InChI=1S/C26H22F3NO2/c1-16(2)10-24(25(31)32)22-13-20(18-6-8-23(9-7-18)26(27,28)29)12-21(14-22)19-5-3-4-17(11-19)15-30/h3-9,11-14,16,24H,10H2,1-2H3,(H,31,32). The molecule has 1 atom stereocenters. The minimum Gasteiger partial charge on any atom is -0.481 e. The minimum atomic E-state index is -4.44. The van der Waals surface area contributed by atoms with Gasteiger partial charge in [0.2, 0.25) is 0 Å². The zero-order valence-corrected chi connectivity index (χ0v) is 17.6. The molecule has 0 heterocycles. The Morgan fingerprint density at radius 3 is 2.09 bits per heavy atom. The van der Waals surface area contributed by atoms with Crippen molar-refractivity contribution in [1.82, 2.24) is 0 Å². The Morgan fingerprint density at radius 1 is 0.938 bits per heavy atom. The number of halogens is 3. The Labute approximate surface area is 184 Å². The molecular weight excluding hydrogens is 415 g/mol. The van der Waals surface area contributed by atoms with Crippen LogP contribution in [0.2, 0.25) is 0 Å². The monoisotopic (exact) mass is 437 g/mol. The summed E-state index contributed by atoms with van der Waals surface area (Å²) >= 11 is 0. The van der Waals surface area contributed by atoms with Gasteiger partial charge in [-0.2, -0.15) is 18.4 Å². The molecule has 3 rings (SSSR count). The average molecular weight is 437 g/mol. The lowest BCUT2D eigenvalue weighted by Gasteiger charge is -2.18. The van der Waals surface area contributed by atoms with Crippen molar-refractivity contribution in [2.75, 3.05) is 0 Å². The number of nitrogens with zero attached hydrogens (tertiary/aromatic N) is 1. The highest BCUT2D eigenvalue weighted by Crippen LogP contribution is 2.35. The zero-order chi connectivity index (χ0) is 23.5. The van der Waals surface area contributed by atoms with Crippen molar-refractivity contribution in [2.24, 2.45) is 5.92 Å². The zero-order valence-electron chi connectivity index (χ0n) is 17.6. The first kappa shape index (κ1) is 23.1. The molecule has 0 aliphatic rings. The predicted molar refractivity (Wildman–Crippen MR) is 117 cm³/mol. The number of benzene rings is 3. The van der Waals surface area contributed by atoms with E-state index >= 15 is 0 Å².